The monoisotopic (exact) mass is 297 g/mol. The van der Waals surface area contributed by atoms with E-state index in [0.717, 1.165) is 30.7 Å². The Morgan fingerprint density at radius 2 is 2.18 bits per heavy atom. The molecule has 0 aliphatic carbocycles. The molecule has 0 fully saturated rings. The smallest absolute Gasteiger partial charge is 0.232 e. The fraction of sp³-hybridized carbons (Fsp3) is 0.294. The number of para-hydroxylation sites is 1. The third-order valence-electron chi connectivity index (χ3n) is 3.11. The van der Waals surface area contributed by atoms with Crippen LogP contribution in [0.15, 0.2) is 28.7 Å². The molecule has 5 nitrogen and oxygen atoms in total. The molecule has 1 aromatic carbocycles. The van der Waals surface area contributed by atoms with E-state index in [-0.39, 0.29) is 5.69 Å². The Hall–Kier alpha value is -2.74. The summed E-state index contributed by atoms with van der Waals surface area (Å²) in [5.41, 5.74) is 1.19. The Kier molecular flexibility index (Phi) is 5.61. The first-order chi connectivity index (χ1) is 10.8. The van der Waals surface area contributed by atoms with Gasteiger partial charge in [-0.1, -0.05) is 31.5 Å². The van der Waals surface area contributed by atoms with Crippen LogP contribution in [0.2, 0.25) is 0 Å². The number of nitrogens with one attached hydrogen (secondary N) is 1. The molecule has 0 unspecified atom stereocenters. The number of hydrogen-bond donors (Lipinski definition) is 1. The van der Waals surface area contributed by atoms with E-state index >= 15 is 0 Å². The van der Waals surface area contributed by atoms with Gasteiger partial charge in [-0.05, 0) is 18.6 Å². The molecule has 1 aromatic heterocycles. The molecular formula is C17H19N3O2. The van der Waals surface area contributed by atoms with Crippen LogP contribution in [0, 0.1) is 11.3 Å². The first-order valence-electron chi connectivity index (χ1n) is 7.24. The van der Waals surface area contributed by atoms with Gasteiger partial charge in [-0.3, -0.25) is 0 Å². The zero-order valence-corrected chi connectivity index (χ0v) is 12.8. The minimum absolute atomic E-state index is 0.274. The number of ether oxygens (including phenoxy) is 1. The molecule has 0 amide bonds. The number of oxazole rings is 1. The molecule has 1 N–H and O–H groups in total. The van der Waals surface area contributed by atoms with Crippen molar-refractivity contribution in [3.8, 4) is 11.8 Å². The molecule has 22 heavy (non-hydrogen) atoms. The molecule has 0 aliphatic rings. The van der Waals surface area contributed by atoms with Crippen molar-refractivity contribution in [2.24, 2.45) is 0 Å². The minimum atomic E-state index is 0.274. The van der Waals surface area contributed by atoms with Crippen molar-refractivity contribution in [1.82, 2.24) is 4.98 Å². The lowest BCUT2D eigenvalue weighted by molar-refractivity contribution is 0.414. The van der Waals surface area contributed by atoms with Crippen molar-refractivity contribution >= 4 is 18.0 Å². The van der Waals surface area contributed by atoms with Crippen LogP contribution in [0.5, 0.6) is 5.75 Å². The lowest BCUT2D eigenvalue weighted by Crippen LogP contribution is -2.00. The Balaban J connectivity index is 2.16. The number of nitrogens with zero attached hydrogens (tertiary/aromatic N) is 2. The van der Waals surface area contributed by atoms with Crippen LogP contribution >= 0.6 is 0 Å². The summed E-state index contributed by atoms with van der Waals surface area (Å²) in [4.78, 5) is 4.16. The number of benzene rings is 1. The van der Waals surface area contributed by atoms with Crippen molar-refractivity contribution in [3.05, 3.63) is 41.4 Å². The first kappa shape index (κ1) is 15.6. The molecule has 0 saturated heterocycles. The van der Waals surface area contributed by atoms with Crippen molar-refractivity contribution in [3.63, 3.8) is 0 Å². The van der Waals surface area contributed by atoms with Gasteiger partial charge in [0.1, 0.15) is 11.8 Å². The predicted octanol–water partition coefficient (Wildman–Crippen LogP) is 3.94. The summed E-state index contributed by atoms with van der Waals surface area (Å²) in [6.07, 6.45) is 5.66. The molecule has 0 radical (unpaired) electrons. The highest BCUT2D eigenvalue weighted by Gasteiger charge is 2.10. The maximum absolute atomic E-state index is 9.10. The zero-order valence-electron chi connectivity index (χ0n) is 12.8. The third-order valence-corrected chi connectivity index (χ3v) is 3.11. The summed E-state index contributed by atoms with van der Waals surface area (Å²) in [6.45, 7) is 2.87. The SMILES string of the molecule is CCCCNc1oc(/C=C/c2ccccc2OC)nc1C#N. The second kappa shape index (κ2) is 7.89. The number of nitriles is 1. The van der Waals surface area contributed by atoms with E-state index < -0.39 is 0 Å². The van der Waals surface area contributed by atoms with Gasteiger partial charge < -0.3 is 14.5 Å². The fourth-order valence-electron chi connectivity index (χ4n) is 1.95. The van der Waals surface area contributed by atoms with Crippen LogP contribution in [0.25, 0.3) is 12.2 Å². The van der Waals surface area contributed by atoms with Crippen molar-refractivity contribution in [2.45, 2.75) is 19.8 Å². The number of aromatic nitrogens is 1. The van der Waals surface area contributed by atoms with Crippen molar-refractivity contribution in [2.75, 3.05) is 19.0 Å². The molecule has 114 valence electrons. The highest BCUT2D eigenvalue weighted by atomic mass is 16.5. The second-order valence-corrected chi connectivity index (χ2v) is 4.70. The number of anilines is 1. The molecule has 5 heteroatoms. The fourth-order valence-corrected chi connectivity index (χ4v) is 1.95. The molecule has 2 aromatic rings. The first-order valence-corrected chi connectivity index (χ1v) is 7.24. The van der Waals surface area contributed by atoms with Gasteiger partial charge in [0.2, 0.25) is 17.5 Å². The Morgan fingerprint density at radius 1 is 1.36 bits per heavy atom. The van der Waals surface area contributed by atoms with Gasteiger partial charge in [0.15, 0.2) is 0 Å². The number of unbranched alkanes of at least 4 members (excludes halogenated alkanes) is 1. The molecule has 1 heterocycles. The summed E-state index contributed by atoms with van der Waals surface area (Å²) in [7, 11) is 1.63. The second-order valence-electron chi connectivity index (χ2n) is 4.70. The van der Waals surface area contributed by atoms with Crippen LogP contribution in [-0.2, 0) is 0 Å². The Bertz CT molecular complexity index is 683. The largest absolute Gasteiger partial charge is 0.496 e. The van der Waals surface area contributed by atoms with Crippen LogP contribution in [0.3, 0.4) is 0 Å². The predicted molar refractivity (Wildman–Crippen MR) is 86.5 cm³/mol. The Morgan fingerprint density at radius 3 is 2.91 bits per heavy atom. The van der Waals surface area contributed by atoms with E-state index in [1.54, 1.807) is 13.2 Å². The summed E-state index contributed by atoms with van der Waals surface area (Å²) >= 11 is 0. The van der Waals surface area contributed by atoms with Gasteiger partial charge in [-0.2, -0.15) is 10.2 Å². The van der Waals surface area contributed by atoms with Gasteiger partial charge in [-0.15, -0.1) is 0 Å². The van der Waals surface area contributed by atoms with Crippen LogP contribution in [0.1, 0.15) is 36.9 Å². The van der Waals surface area contributed by atoms with Crippen LogP contribution in [-0.4, -0.2) is 18.6 Å². The molecule has 0 atom stereocenters. The zero-order chi connectivity index (χ0) is 15.8. The average Bonchev–Trinajstić information content (AvgIpc) is 2.95. The van der Waals surface area contributed by atoms with Crippen molar-refractivity contribution < 1.29 is 9.15 Å². The third kappa shape index (κ3) is 3.89. The number of rotatable bonds is 7. The van der Waals surface area contributed by atoms with E-state index in [9.17, 15) is 0 Å². The van der Waals surface area contributed by atoms with E-state index in [2.05, 4.69) is 17.2 Å². The van der Waals surface area contributed by atoms with Crippen molar-refractivity contribution in [1.29, 1.82) is 5.26 Å². The Labute approximate surface area is 130 Å². The van der Waals surface area contributed by atoms with E-state index in [1.165, 1.54) is 0 Å². The highest BCUT2D eigenvalue weighted by molar-refractivity contribution is 5.70. The topological polar surface area (TPSA) is 71.1 Å². The molecule has 0 bridgehead atoms. The summed E-state index contributed by atoms with van der Waals surface area (Å²) in [5.74, 6) is 1.59. The summed E-state index contributed by atoms with van der Waals surface area (Å²) in [6, 6.07) is 9.69. The van der Waals surface area contributed by atoms with Crippen LogP contribution < -0.4 is 10.1 Å². The normalized spacial score (nSPS) is 10.6. The molecule has 2 rings (SSSR count). The summed E-state index contributed by atoms with van der Waals surface area (Å²) < 4.78 is 10.9. The van der Waals surface area contributed by atoms with E-state index in [1.807, 2.05) is 36.4 Å². The summed E-state index contributed by atoms with van der Waals surface area (Å²) in [5, 5.41) is 12.2. The number of methoxy groups -OCH3 is 1. The lowest BCUT2D eigenvalue weighted by atomic mass is 10.2. The highest BCUT2D eigenvalue weighted by Crippen LogP contribution is 2.22. The standard InChI is InChI=1S/C17H19N3O2/c1-3-4-11-19-17-14(12-18)20-16(22-17)10-9-13-7-5-6-8-15(13)21-2/h5-10,19H,3-4,11H2,1-2H3/b10-9+. The van der Waals surface area contributed by atoms with E-state index in [4.69, 9.17) is 14.4 Å². The maximum atomic E-state index is 9.10. The van der Waals surface area contributed by atoms with Gasteiger partial charge in [0.25, 0.3) is 0 Å². The number of hydrogen-bond acceptors (Lipinski definition) is 5. The van der Waals surface area contributed by atoms with Gasteiger partial charge in [0, 0.05) is 18.2 Å². The van der Waals surface area contributed by atoms with E-state index in [0.29, 0.717) is 11.8 Å². The molecule has 0 spiro atoms. The van der Waals surface area contributed by atoms with Gasteiger partial charge in [-0.25, -0.2) is 0 Å². The molecule has 0 aliphatic heterocycles. The van der Waals surface area contributed by atoms with Gasteiger partial charge >= 0.3 is 0 Å². The molecular weight excluding hydrogens is 278 g/mol. The van der Waals surface area contributed by atoms with Gasteiger partial charge in [0.05, 0.1) is 7.11 Å². The minimum Gasteiger partial charge on any atom is -0.496 e. The average molecular weight is 297 g/mol. The molecule has 0 saturated carbocycles. The lowest BCUT2D eigenvalue weighted by Gasteiger charge is -2.02. The quantitative estimate of drug-likeness (QED) is 0.784. The maximum Gasteiger partial charge on any atom is 0.232 e. The van der Waals surface area contributed by atoms with Crippen LogP contribution in [0.4, 0.5) is 5.88 Å².